The smallest absolute Gasteiger partial charge is 0.287 e. The molecule has 0 aromatic heterocycles. The predicted molar refractivity (Wildman–Crippen MR) is 65.8 cm³/mol. The Bertz CT molecular complexity index is 229. The number of phosphoric acid groups is 1. The summed E-state index contributed by atoms with van der Waals surface area (Å²) in [5.41, 5.74) is 0. The minimum atomic E-state index is -3.48. The summed E-state index contributed by atoms with van der Waals surface area (Å²) in [6.45, 7) is 7.44. The molecule has 0 saturated carbocycles. The SMILES string of the molecule is C=CCOP(=O)(OCC=C)OCCCCCl. The molecule has 0 aliphatic heterocycles. The standard InChI is InChI=1S/C10H18ClO4P/c1-3-8-13-16(12,14-9-4-2)15-10-6-5-7-11/h3-4H,1-2,5-10H2. The van der Waals surface area contributed by atoms with Gasteiger partial charge in [0.05, 0.1) is 19.8 Å². The normalized spacial score (nSPS) is 11.3. The molecular weight excluding hydrogens is 251 g/mol. The Morgan fingerprint density at radius 3 is 2.06 bits per heavy atom. The van der Waals surface area contributed by atoms with Crippen LogP contribution >= 0.6 is 19.4 Å². The molecular formula is C10H18ClO4P. The van der Waals surface area contributed by atoms with Crippen LogP contribution in [0.4, 0.5) is 0 Å². The first kappa shape index (κ1) is 15.9. The van der Waals surface area contributed by atoms with Gasteiger partial charge in [-0.1, -0.05) is 12.2 Å². The summed E-state index contributed by atoms with van der Waals surface area (Å²) in [4.78, 5) is 0. The lowest BCUT2D eigenvalue weighted by atomic mass is 10.4. The number of alkyl halides is 1. The van der Waals surface area contributed by atoms with Gasteiger partial charge in [-0.05, 0) is 12.8 Å². The van der Waals surface area contributed by atoms with Crippen molar-refractivity contribution in [2.75, 3.05) is 25.7 Å². The molecule has 94 valence electrons. The summed E-state index contributed by atoms with van der Waals surface area (Å²) in [6.07, 6.45) is 4.46. The second-order valence-corrected chi connectivity index (χ2v) is 4.89. The van der Waals surface area contributed by atoms with E-state index < -0.39 is 7.82 Å². The van der Waals surface area contributed by atoms with Crippen LogP contribution in [0.3, 0.4) is 0 Å². The highest BCUT2D eigenvalue weighted by atomic mass is 35.5. The molecule has 0 fully saturated rings. The molecule has 0 amide bonds. The average Bonchev–Trinajstić information content (AvgIpc) is 2.30. The van der Waals surface area contributed by atoms with Crippen molar-refractivity contribution in [2.24, 2.45) is 0 Å². The van der Waals surface area contributed by atoms with E-state index in [1.807, 2.05) is 0 Å². The predicted octanol–water partition coefficient (Wildman–Crippen LogP) is 3.54. The zero-order valence-corrected chi connectivity index (χ0v) is 10.9. The average molecular weight is 269 g/mol. The van der Waals surface area contributed by atoms with Gasteiger partial charge in [-0.25, -0.2) is 4.57 Å². The Morgan fingerprint density at radius 1 is 1.06 bits per heavy atom. The van der Waals surface area contributed by atoms with E-state index >= 15 is 0 Å². The second-order valence-electron chi connectivity index (χ2n) is 2.85. The van der Waals surface area contributed by atoms with Crippen LogP contribution < -0.4 is 0 Å². The lowest BCUT2D eigenvalue weighted by Gasteiger charge is -2.16. The number of unbranched alkanes of at least 4 members (excludes halogenated alkanes) is 1. The zero-order chi connectivity index (χ0) is 12.3. The summed E-state index contributed by atoms with van der Waals surface area (Å²) in [6, 6.07) is 0. The largest absolute Gasteiger partial charge is 0.475 e. The molecule has 6 heteroatoms. The minimum Gasteiger partial charge on any atom is -0.287 e. The third-order valence-corrected chi connectivity index (χ3v) is 3.18. The van der Waals surface area contributed by atoms with E-state index in [2.05, 4.69) is 13.2 Å². The fourth-order valence-corrected chi connectivity index (χ4v) is 2.11. The first-order valence-electron chi connectivity index (χ1n) is 5.00. The molecule has 16 heavy (non-hydrogen) atoms. The quantitative estimate of drug-likeness (QED) is 0.249. The zero-order valence-electron chi connectivity index (χ0n) is 9.27. The summed E-state index contributed by atoms with van der Waals surface area (Å²) in [5, 5.41) is 0. The van der Waals surface area contributed by atoms with Gasteiger partial charge in [0, 0.05) is 5.88 Å². The Balaban J connectivity index is 4.01. The molecule has 0 aromatic rings. The van der Waals surface area contributed by atoms with Crippen molar-refractivity contribution >= 4 is 19.4 Å². The van der Waals surface area contributed by atoms with Crippen molar-refractivity contribution in [3.63, 3.8) is 0 Å². The fraction of sp³-hybridized carbons (Fsp3) is 0.600. The van der Waals surface area contributed by atoms with Crippen LogP contribution in [-0.2, 0) is 18.1 Å². The van der Waals surface area contributed by atoms with Crippen molar-refractivity contribution in [2.45, 2.75) is 12.8 Å². The van der Waals surface area contributed by atoms with Crippen LogP contribution in [-0.4, -0.2) is 25.7 Å². The van der Waals surface area contributed by atoms with Gasteiger partial charge in [0.1, 0.15) is 0 Å². The summed E-state index contributed by atoms with van der Waals surface area (Å²) < 4.78 is 26.9. The lowest BCUT2D eigenvalue weighted by Crippen LogP contribution is -2.02. The molecule has 0 aliphatic carbocycles. The van der Waals surface area contributed by atoms with Gasteiger partial charge in [-0.3, -0.25) is 13.6 Å². The first-order valence-corrected chi connectivity index (χ1v) is 6.99. The molecule has 0 saturated heterocycles. The third kappa shape index (κ3) is 8.08. The maximum absolute atomic E-state index is 11.9. The van der Waals surface area contributed by atoms with Crippen molar-refractivity contribution in [1.82, 2.24) is 0 Å². The van der Waals surface area contributed by atoms with Crippen LogP contribution in [0.15, 0.2) is 25.3 Å². The van der Waals surface area contributed by atoms with Gasteiger partial charge < -0.3 is 0 Å². The molecule has 0 rings (SSSR count). The van der Waals surface area contributed by atoms with E-state index in [4.69, 9.17) is 25.2 Å². The van der Waals surface area contributed by atoms with Gasteiger partial charge in [0.25, 0.3) is 0 Å². The highest BCUT2D eigenvalue weighted by Crippen LogP contribution is 2.49. The summed E-state index contributed by atoms with van der Waals surface area (Å²) in [7, 11) is -3.48. The molecule has 0 radical (unpaired) electrons. The van der Waals surface area contributed by atoms with Crippen LogP contribution in [0.2, 0.25) is 0 Å². The van der Waals surface area contributed by atoms with Crippen LogP contribution in [0, 0.1) is 0 Å². The maximum Gasteiger partial charge on any atom is 0.475 e. The van der Waals surface area contributed by atoms with E-state index in [1.54, 1.807) is 0 Å². The monoisotopic (exact) mass is 268 g/mol. The Kier molecular flexibility index (Phi) is 9.99. The molecule has 4 nitrogen and oxygen atoms in total. The topological polar surface area (TPSA) is 44.8 Å². The second kappa shape index (κ2) is 10.1. The number of phosphoric ester groups is 1. The van der Waals surface area contributed by atoms with E-state index in [1.165, 1.54) is 12.2 Å². The highest BCUT2D eigenvalue weighted by Gasteiger charge is 2.25. The van der Waals surface area contributed by atoms with Gasteiger partial charge in [-0.15, -0.1) is 24.8 Å². The summed E-state index contributed by atoms with van der Waals surface area (Å²) in [5.74, 6) is 0.550. The first-order chi connectivity index (χ1) is 7.68. The van der Waals surface area contributed by atoms with Gasteiger partial charge in [-0.2, -0.15) is 0 Å². The highest BCUT2D eigenvalue weighted by molar-refractivity contribution is 7.48. The Hall–Kier alpha value is -0.120. The minimum absolute atomic E-state index is 0.115. The van der Waals surface area contributed by atoms with Gasteiger partial charge in [0.2, 0.25) is 0 Å². The molecule has 0 N–H and O–H groups in total. The Labute approximate surface area is 102 Å². The molecule has 0 bridgehead atoms. The molecule has 0 aliphatic rings. The molecule has 0 unspecified atom stereocenters. The van der Waals surface area contributed by atoms with Crippen molar-refractivity contribution in [3.05, 3.63) is 25.3 Å². The summed E-state index contributed by atoms with van der Waals surface area (Å²) >= 11 is 5.51. The molecule has 0 atom stereocenters. The molecule has 0 spiro atoms. The van der Waals surface area contributed by atoms with Gasteiger partial charge >= 0.3 is 7.82 Å². The van der Waals surface area contributed by atoms with E-state index in [-0.39, 0.29) is 19.8 Å². The van der Waals surface area contributed by atoms with Crippen molar-refractivity contribution in [1.29, 1.82) is 0 Å². The molecule has 0 heterocycles. The Morgan fingerprint density at radius 2 is 1.62 bits per heavy atom. The van der Waals surface area contributed by atoms with Crippen LogP contribution in [0.25, 0.3) is 0 Å². The molecule has 0 aromatic carbocycles. The van der Waals surface area contributed by atoms with Crippen LogP contribution in [0.1, 0.15) is 12.8 Å². The number of rotatable bonds is 11. The van der Waals surface area contributed by atoms with E-state index in [9.17, 15) is 4.57 Å². The van der Waals surface area contributed by atoms with E-state index in [0.29, 0.717) is 12.3 Å². The third-order valence-electron chi connectivity index (χ3n) is 1.48. The number of hydrogen-bond acceptors (Lipinski definition) is 4. The van der Waals surface area contributed by atoms with E-state index in [0.717, 1.165) is 6.42 Å². The fourth-order valence-electron chi connectivity index (χ4n) is 0.773. The van der Waals surface area contributed by atoms with Crippen molar-refractivity contribution in [3.8, 4) is 0 Å². The lowest BCUT2D eigenvalue weighted by molar-refractivity contribution is 0.130. The van der Waals surface area contributed by atoms with Crippen molar-refractivity contribution < 1.29 is 18.1 Å². The number of hydrogen-bond donors (Lipinski definition) is 0. The maximum atomic E-state index is 11.9. The number of halogens is 1. The van der Waals surface area contributed by atoms with Crippen LogP contribution in [0.5, 0.6) is 0 Å². The van der Waals surface area contributed by atoms with Gasteiger partial charge in [0.15, 0.2) is 0 Å².